The molecule has 0 saturated carbocycles. The summed E-state index contributed by atoms with van der Waals surface area (Å²) >= 11 is 0. The van der Waals surface area contributed by atoms with Crippen LogP contribution in [-0.2, 0) is 0 Å². The van der Waals surface area contributed by atoms with Gasteiger partial charge in [0.25, 0.3) is 0 Å². The lowest BCUT2D eigenvalue weighted by Crippen LogP contribution is -1.96. The van der Waals surface area contributed by atoms with Gasteiger partial charge < -0.3 is 13.7 Å². The highest BCUT2D eigenvalue weighted by atomic mass is 15.0. The molecule has 0 bridgehead atoms. The van der Waals surface area contributed by atoms with Crippen LogP contribution >= 0.6 is 0 Å². The SMILES string of the molecule is c1ccc(-n2ccc3cc(-n4c5ccccc5c5c4ccc4c6ccccc6n(-c6ccccc6)c45)ccc32)cc1. The van der Waals surface area contributed by atoms with Gasteiger partial charge in [-0.15, -0.1) is 0 Å². The van der Waals surface area contributed by atoms with Crippen molar-refractivity contribution in [1.29, 1.82) is 0 Å². The van der Waals surface area contributed by atoms with Gasteiger partial charge in [0.2, 0.25) is 0 Å². The van der Waals surface area contributed by atoms with E-state index in [1.54, 1.807) is 0 Å². The van der Waals surface area contributed by atoms with Crippen LogP contribution in [-0.4, -0.2) is 13.7 Å². The number of para-hydroxylation sites is 4. The van der Waals surface area contributed by atoms with Gasteiger partial charge in [-0.25, -0.2) is 0 Å². The van der Waals surface area contributed by atoms with E-state index in [9.17, 15) is 0 Å². The molecule has 0 N–H and O–H groups in total. The van der Waals surface area contributed by atoms with Crippen LogP contribution in [0.25, 0.3) is 71.6 Å². The minimum Gasteiger partial charge on any atom is -0.317 e. The zero-order chi connectivity index (χ0) is 26.9. The first-order valence-electron chi connectivity index (χ1n) is 14.0. The molecular formula is C38H25N3. The molecule has 0 aliphatic heterocycles. The molecule has 3 aromatic heterocycles. The standard InChI is InChI=1S/C38H25N3/c1-3-11-27(12-4-1)39-24-23-26-25-29(19-21-33(26)39)40-35-18-10-8-16-32(35)37-36(40)22-20-31-30-15-7-9-17-34(30)41(38(31)37)28-13-5-2-6-14-28/h1-25H. The van der Waals surface area contributed by atoms with Crippen LogP contribution in [0.15, 0.2) is 152 Å². The second-order valence-corrected chi connectivity index (χ2v) is 10.7. The van der Waals surface area contributed by atoms with Gasteiger partial charge in [-0.3, -0.25) is 0 Å². The van der Waals surface area contributed by atoms with Crippen molar-refractivity contribution < 1.29 is 0 Å². The first-order chi connectivity index (χ1) is 20.4. The topological polar surface area (TPSA) is 14.8 Å². The van der Waals surface area contributed by atoms with E-state index >= 15 is 0 Å². The molecule has 0 spiro atoms. The second-order valence-electron chi connectivity index (χ2n) is 10.7. The summed E-state index contributed by atoms with van der Waals surface area (Å²) < 4.78 is 7.12. The van der Waals surface area contributed by atoms with Crippen molar-refractivity contribution in [3.63, 3.8) is 0 Å². The smallest absolute Gasteiger partial charge is 0.0641 e. The Kier molecular flexibility index (Phi) is 4.61. The first kappa shape index (κ1) is 22.3. The third-order valence-corrected chi connectivity index (χ3v) is 8.45. The number of benzene rings is 6. The number of rotatable bonds is 3. The lowest BCUT2D eigenvalue weighted by Gasteiger charge is -2.11. The van der Waals surface area contributed by atoms with E-state index in [1.807, 2.05) is 0 Å². The fourth-order valence-corrected chi connectivity index (χ4v) is 6.71. The number of fused-ring (bicyclic) bond motifs is 8. The van der Waals surface area contributed by atoms with Crippen LogP contribution in [0.1, 0.15) is 0 Å². The fraction of sp³-hybridized carbons (Fsp3) is 0. The largest absolute Gasteiger partial charge is 0.317 e. The fourth-order valence-electron chi connectivity index (χ4n) is 6.71. The van der Waals surface area contributed by atoms with Crippen molar-refractivity contribution >= 4 is 54.5 Å². The van der Waals surface area contributed by atoms with Gasteiger partial charge in [0.05, 0.1) is 27.6 Å². The van der Waals surface area contributed by atoms with Crippen molar-refractivity contribution in [3.05, 3.63) is 152 Å². The highest BCUT2D eigenvalue weighted by molar-refractivity contribution is 6.26. The molecule has 0 atom stereocenters. The Balaban J connectivity index is 1.38. The molecule has 0 amide bonds. The minimum atomic E-state index is 1.16. The lowest BCUT2D eigenvalue weighted by molar-refractivity contribution is 1.12. The van der Waals surface area contributed by atoms with Crippen LogP contribution in [0.2, 0.25) is 0 Å². The molecule has 9 rings (SSSR count). The summed E-state index contributed by atoms with van der Waals surface area (Å²) in [6.07, 6.45) is 2.16. The molecule has 6 aromatic carbocycles. The van der Waals surface area contributed by atoms with Crippen LogP contribution in [0.3, 0.4) is 0 Å². The van der Waals surface area contributed by atoms with Crippen LogP contribution < -0.4 is 0 Å². The number of aromatic nitrogens is 3. The van der Waals surface area contributed by atoms with Crippen molar-refractivity contribution in [2.75, 3.05) is 0 Å². The van der Waals surface area contributed by atoms with E-state index in [-0.39, 0.29) is 0 Å². The summed E-state index contributed by atoms with van der Waals surface area (Å²) in [6, 6.07) is 52.5. The summed E-state index contributed by atoms with van der Waals surface area (Å²) in [5.41, 5.74) is 9.60. The van der Waals surface area contributed by atoms with Gasteiger partial charge in [0.1, 0.15) is 0 Å². The van der Waals surface area contributed by atoms with E-state index < -0.39 is 0 Å². The zero-order valence-corrected chi connectivity index (χ0v) is 22.3. The van der Waals surface area contributed by atoms with E-state index in [1.165, 1.54) is 65.9 Å². The van der Waals surface area contributed by atoms with Crippen LogP contribution in [0.5, 0.6) is 0 Å². The molecule has 192 valence electrons. The lowest BCUT2D eigenvalue weighted by atomic mass is 10.1. The van der Waals surface area contributed by atoms with E-state index in [4.69, 9.17) is 0 Å². The predicted octanol–water partition coefficient (Wildman–Crippen LogP) is 9.82. The molecule has 9 aromatic rings. The molecule has 0 unspecified atom stereocenters. The third kappa shape index (κ3) is 3.14. The maximum Gasteiger partial charge on any atom is 0.0641 e. The Morgan fingerprint density at radius 1 is 0.366 bits per heavy atom. The van der Waals surface area contributed by atoms with E-state index in [0.717, 1.165) is 5.69 Å². The second kappa shape index (κ2) is 8.48. The summed E-state index contributed by atoms with van der Waals surface area (Å²) in [4.78, 5) is 0. The quantitative estimate of drug-likeness (QED) is 0.219. The summed E-state index contributed by atoms with van der Waals surface area (Å²) in [7, 11) is 0. The highest BCUT2D eigenvalue weighted by Gasteiger charge is 2.20. The Hall–Kier alpha value is -5.54. The molecular weight excluding hydrogens is 498 g/mol. The molecule has 3 nitrogen and oxygen atoms in total. The normalized spacial score (nSPS) is 11.9. The van der Waals surface area contributed by atoms with E-state index in [2.05, 4.69) is 165 Å². The van der Waals surface area contributed by atoms with Gasteiger partial charge in [-0.05, 0) is 66.7 Å². The van der Waals surface area contributed by atoms with Crippen molar-refractivity contribution in [3.8, 4) is 17.1 Å². The minimum absolute atomic E-state index is 1.16. The van der Waals surface area contributed by atoms with Gasteiger partial charge in [-0.2, -0.15) is 0 Å². The van der Waals surface area contributed by atoms with E-state index in [0.29, 0.717) is 0 Å². The molecule has 0 saturated heterocycles. The Labute approximate surface area is 236 Å². The number of hydrogen-bond acceptors (Lipinski definition) is 0. The maximum atomic E-state index is 2.44. The van der Waals surface area contributed by atoms with Crippen molar-refractivity contribution in [1.82, 2.24) is 13.7 Å². The number of nitrogens with zero attached hydrogens (tertiary/aromatic N) is 3. The molecule has 0 fully saturated rings. The van der Waals surface area contributed by atoms with Gasteiger partial charge in [0, 0.05) is 50.2 Å². The molecule has 0 radical (unpaired) electrons. The predicted molar refractivity (Wildman–Crippen MR) is 172 cm³/mol. The molecule has 41 heavy (non-hydrogen) atoms. The van der Waals surface area contributed by atoms with Crippen molar-refractivity contribution in [2.24, 2.45) is 0 Å². The monoisotopic (exact) mass is 523 g/mol. The third-order valence-electron chi connectivity index (χ3n) is 8.45. The Morgan fingerprint density at radius 2 is 1.00 bits per heavy atom. The molecule has 3 heteroatoms. The van der Waals surface area contributed by atoms with Crippen molar-refractivity contribution in [2.45, 2.75) is 0 Å². The summed E-state index contributed by atoms with van der Waals surface area (Å²) in [6.45, 7) is 0. The average molecular weight is 524 g/mol. The zero-order valence-electron chi connectivity index (χ0n) is 22.3. The van der Waals surface area contributed by atoms with Gasteiger partial charge in [0.15, 0.2) is 0 Å². The molecule has 0 aliphatic carbocycles. The van der Waals surface area contributed by atoms with Gasteiger partial charge >= 0.3 is 0 Å². The summed E-state index contributed by atoms with van der Waals surface area (Å²) in [5.74, 6) is 0. The highest BCUT2D eigenvalue weighted by Crippen LogP contribution is 2.42. The molecule has 0 aliphatic rings. The average Bonchev–Trinajstić information content (AvgIpc) is 3.71. The first-order valence-corrected chi connectivity index (χ1v) is 14.0. The summed E-state index contributed by atoms with van der Waals surface area (Å²) in [5, 5.41) is 6.30. The van der Waals surface area contributed by atoms with Crippen LogP contribution in [0, 0.1) is 0 Å². The van der Waals surface area contributed by atoms with Gasteiger partial charge in [-0.1, -0.05) is 78.9 Å². The Morgan fingerprint density at radius 3 is 1.78 bits per heavy atom. The molecule has 3 heterocycles. The van der Waals surface area contributed by atoms with Crippen LogP contribution in [0.4, 0.5) is 0 Å². The number of hydrogen-bond donors (Lipinski definition) is 0. The maximum absolute atomic E-state index is 2.44. The Bertz CT molecular complexity index is 2400.